The molecule has 98 valence electrons. The Labute approximate surface area is 109 Å². The maximum absolute atomic E-state index is 12.0. The normalized spacial score (nSPS) is 19.2. The van der Waals surface area contributed by atoms with Gasteiger partial charge >= 0.3 is 0 Å². The number of carbonyl (C=O) groups is 1. The molecule has 1 saturated heterocycles. The van der Waals surface area contributed by atoms with Crippen molar-refractivity contribution in [3.05, 3.63) is 35.4 Å². The molecule has 3 heteroatoms. The van der Waals surface area contributed by atoms with Gasteiger partial charge in [0.1, 0.15) is 0 Å². The average Bonchev–Trinajstić information content (AvgIpc) is 2.81. The Hall–Kier alpha value is -1.35. The average molecular weight is 246 g/mol. The Kier molecular flexibility index (Phi) is 4.37. The number of nitrogens with zero attached hydrogens (tertiary/aromatic N) is 1. The van der Waals surface area contributed by atoms with E-state index in [2.05, 4.69) is 36.5 Å². The smallest absolute Gasteiger partial charge is 0.236 e. The summed E-state index contributed by atoms with van der Waals surface area (Å²) in [4.78, 5) is 14.0. The van der Waals surface area contributed by atoms with E-state index in [1.54, 1.807) is 0 Å². The first-order valence-corrected chi connectivity index (χ1v) is 6.70. The summed E-state index contributed by atoms with van der Waals surface area (Å²) in [6.45, 7) is 3.46. The molecule has 0 aromatic heterocycles. The Morgan fingerprint density at radius 2 is 2.11 bits per heavy atom. The van der Waals surface area contributed by atoms with E-state index in [0.29, 0.717) is 12.6 Å². The van der Waals surface area contributed by atoms with Crippen molar-refractivity contribution >= 4 is 5.91 Å². The molecule has 1 aromatic rings. The minimum absolute atomic E-state index is 0.229. The molecule has 0 bridgehead atoms. The van der Waals surface area contributed by atoms with Crippen molar-refractivity contribution in [3.63, 3.8) is 0 Å². The molecule has 0 spiro atoms. The summed E-state index contributed by atoms with van der Waals surface area (Å²) in [7, 11) is 1.82. The highest BCUT2D eigenvalue weighted by atomic mass is 16.2. The van der Waals surface area contributed by atoms with Gasteiger partial charge in [0.05, 0.1) is 6.54 Å². The van der Waals surface area contributed by atoms with Crippen LogP contribution >= 0.6 is 0 Å². The highest BCUT2D eigenvalue weighted by molar-refractivity contribution is 5.78. The van der Waals surface area contributed by atoms with Gasteiger partial charge in [-0.3, -0.25) is 4.79 Å². The number of rotatable bonds is 4. The molecular formula is C15H22N2O. The Balaban J connectivity index is 1.99. The second-order valence-electron chi connectivity index (χ2n) is 5.10. The largest absolute Gasteiger partial charge is 0.338 e. The monoisotopic (exact) mass is 246 g/mol. The van der Waals surface area contributed by atoms with Crippen LogP contribution in [0, 0.1) is 6.92 Å². The van der Waals surface area contributed by atoms with E-state index in [4.69, 9.17) is 0 Å². The second kappa shape index (κ2) is 6.01. The number of aryl methyl sites for hydroxylation is 1. The van der Waals surface area contributed by atoms with Crippen LogP contribution in [0.5, 0.6) is 0 Å². The first-order valence-electron chi connectivity index (χ1n) is 6.70. The van der Waals surface area contributed by atoms with Crippen molar-refractivity contribution in [3.8, 4) is 0 Å². The summed E-state index contributed by atoms with van der Waals surface area (Å²) >= 11 is 0. The highest BCUT2D eigenvalue weighted by Crippen LogP contribution is 2.21. The van der Waals surface area contributed by atoms with Crippen molar-refractivity contribution in [1.29, 1.82) is 0 Å². The summed E-state index contributed by atoms with van der Waals surface area (Å²) in [5.74, 6) is 0.229. The fourth-order valence-electron chi connectivity index (χ4n) is 2.63. The minimum Gasteiger partial charge on any atom is -0.338 e. The molecule has 1 amide bonds. The van der Waals surface area contributed by atoms with Crippen LogP contribution in [0.1, 0.15) is 24.0 Å². The SMILES string of the molecule is CNCC(=O)N1CCCC1Cc1ccc(C)cc1. The summed E-state index contributed by atoms with van der Waals surface area (Å²) < 4.78 is 0. The molecule has 0 saturated carbocycles. The molecule has 1 aromatic carbocycles. The Bertz CT molecular complexity index is 399. The molecule has 1 fully saturated rings. The standard InChI is InChI=1S/C15H22N2O/c1-12-5-7-13(8-6-12)10-14-4-3-9-17(14)15(18)11-16-2/h5-8,14,16H,3-4,9-11H2,1-2H3. The molecule has 2 rings (SSSR count). The molecule has 0 radical (unpaired) electrons. The van der Waals surface area contributed by atoms with Crippen LogP contribution in [-0.2, 0) is 11.2 Å². The van der Waals surface area contributed by atoms with Gasteiger partial charge in [-0.15, -0.1) is 0 Å². The van der Waals surface area contributed by atoms with Crippen molar-refractivity contribution in [2.45, 2.75) is 32.2 Å². The van der Waals surface area contributed by atoms with Gasteiger partial charge in [0.2, 0.25) is 5.91 Å². The number of likely N-dealkylation sites (N-methyl/N-ethyl adjacent to an activating group) is 1. The number of carbonyl (C=O) groups excluding carboxylic acids is 1. The zero-order valence-corrected chi connectivity index (χ0v) is 11.3. The number of hydrogen-bond donors (Lipinski definition) is 1. The van der Waals surface area contributed by atoms with Crippen LogP contribution in [-0.4, -0.2) is 37.0 Å². The number of benzene rings is 1. The third-order valence-electron chi connectivity index (χ3n) is 3.62. The van der Waals surface area contributed by atoms with Crippen LogP contribution in [0.2, 0.25) is 0 Å². The van der Waals surface area contributed by atoms with E-state index in [-0.39, 0.29) is 5.91 Å². The van der Waals surface area contributed by atoms with Crippen LogP contribution in [0.15, 0.2) is 24.3 Å². The summed E-state index contributed by atoms with van der Waals surface area (Å²) in [6.07, 6.45) is 3.24. The molecule has 0 aliphatic carbocycles. The molecule has 3 nitrogen and oxygen atoms in total. The van der Waals surface area contributed by atoms with E-state index in [0.717, 1.165) is 25.8 Å². The van der Waals surface area contributed by atoms with Crippen molar-refractivity contribution in [2.24, 2.45) is 0 Å². The molecule has 1 aliphatic heterocycles. The fraction of sp³-hybridized carbons (Fsp3) is 0.533. The van der Waals surface area contributed by atoms with Gasteiger partial charge < -0.3 is 10.2 Å². The van der Waals surface area contributed by atoms with E-state index < -0.39 is 0 Å². The summed E-state index contributed by atoms with van der Waals surface area (Å²) in [5.41, 5.74) is 2.61. The first kappa shape index (κ1) is 13.1. The first-order chi connectivity index (χ1) is 8.70. The van der Waals surface area contributed by atoms with Gasteiger partial charge in [-0.25, -0.2) is 0 Å². The lowest BCUT2D eigenvalue weighted by Gasteiger charge is -2.24. The summed E-state index contributed by atoms with van der Waals surface area (Å²) in [6, 6.07) is 9.02. The topological polar surface area (TPSA) is 32.3 Å². The van der Waals surface area contributed by atoms with Crippen LogP contribution in [0.4, 0.5) is 0 Å². The van der Waals surface area contributed by atoms with Gasteiger partial charge in [-0.05, 0) is 38.8 Å². The van der Waals surface area contributed by atoms with Crippen LogP contribution in [0.25, 0.3) is 0 Å². The third kappa shape index (κ3) is 3.10. The second-order valence-corrected chi connectivity index (χ2v) is 5.10. The van der Waals surface area contributed by atoms with E-state index in [1.165, 1.54) is 11.1 Å². The lowest BCUT2D eigenvalue weighted by molar-refractivity contribution is -0.130. The molecule has 1 unspecified atom stereocenters. The van der Waals surface area contributed by atoms with Gasteiger partial charge in [0.25, 0.3) is 0 Å². The summed E-state index contributed by atoms with van der Waals surface area (Å²) in [5, 5.41) is 2.95. The fourth-order valence-corrected chi connectivity index (χ4v) is 2.63. The maximum Gasteiger partial charge on any atom is 0.236 e. The lowest BCUT2D eigenvalue weighted by atomic mass is 10.0. The van der Waals surface area contributed by atoms with Crippen LogP contribution in [0.3, 0.4) is 0 Å². The molecule has 1 heterocycles. The number of hydrogen-bond acceptors (Lipinski definition) is 2. The molecule has 1 N–H and O–H groups in total. The number of likely N-dealkylation sites (tertiary alicyclic amines) is 1. The van der Waals surface area contributed by atoms with Crippen molar-refractivity contribution in [1.82, 2.24) is 10.2 Å². The maximum atomic E-state index is 12.0. The van der Waals surface area contributed by atoms with Crippen molar-refractivity contribution in [2.75, 3.05) is 20.1 Å². The zero-order chi connectivity index (χ0) is 13.0. The predicted octanol–water partition coefficient (Wildman–Crippen LogP) is 1.75. The molecule has 18 heavy (non-hydrogen) atoms. The van der Waals surface area contributed by atoms with Gasteiger partial charge in [-0.2, -0.15) is 0 Å². The van der Waals surface area contributed by atoms with Gasteiger partial charge in [-0.1, -0.05) is 29.8 Å². The quantitative estimate of drug-likeness (QED) is 0.878. The number of nitrogens with one attached hydrogen (secondary N) is 1. The third-order valence-corrected chi connectivity index (χ3v) is 3.62. The molecule has 1 aliphatic rings. The predicted molar refractivity (Wildman–Crippen MR) is 73.5 cm³/mol. The molecule has 1 atom stereocenters. The van der Waals surface area contributed by atoms with E-state index >= 15 is 0 Å². The zero-order valence-electron chi connectivity index (χ0n) is 11.3. The lowest BCUT2D eigenvalue weighted by Crippen LogP contribution is -2.41. The Morgan fingerprint density at radius 1 is 1.39 bits per heavy atom. The molecular weight excluding hydrogens is 224 g/mol. The van der Waals surface area contributed by atoms with Gasteiger partial charge in [0.15, 0.2) is 0 Å². The van der Waals surface area contributed by atoms with Gasteiger partial charge in [0, 0.05) is 12.6 Å². The van der Waals surface area contributed by atoms with E-state index in [9.17, 15) is 4.79 Å². The highest BCUT2D eigenvalue weighted by Gasteiger charge is 2.27. The van der Waals surface area contributed by atoms with Crippen molar-refractivity contribution < 1.29 is 4.79 Å². The number of amides is 1. The van der Waals surface area contributed by atoms with Crippen LogP contribution < -0.4 is 5.32 Å². The van der Waals surface area contributed by atoms with E-state index in [1.807, 2.05) is 11.9 Å². The Morgan fingerprint density at radius 3 is 2.78 bits per heavy atom. The minimum atomic E-state index is 0.229.